The fourth-order valence-corrected chi connectivity index (χ4v) is 2.56. The molecule has 2 aromatic rings. The Morgan fingerprint density at radius 1 is 1.11 bits per heavy atom. The molecule has 1 saturated heterocycles. The summed E-state index contributed by atoms with van der Waals surface area (Å²) in [4.78, 5) is 2.20. The van der Waals surface area contributed by atoms with Crippen LogP contribution in [0, 0.1) is 6.92 Å². The number of benzene rings is 2. The van der Waals surface area contributed by atoms with Crippen LogP contribution < -0.4 is 4.90 Å². The van der Waals surface area contributed by atoms with Crippen molar-refractivity contribution < 1.29 is 9.84 Å². The fraction of sp³-hybridized carbons (Fsp3) is 0.250. The predicted molar refractivity (Wildman–Crippen MR) is 75.3 cm³/mol. The maximum atomic E-state index is 10.00. The number of para-hydroxylation sites is 2. The Balaban J connectivity index is 1.99. The summed E-state index contributed by atoms with van der Waals surface area (Å²) in [6, 6.07) is 15.6. The Morgan fingerprint density at radius 3 is 2.63 bits per heavy atom. The van der Waals surface area contributed by atoms with Crippen LogP contribution in [0.5, 0.6) is 5.75 Å². The molecular formula is C16H17NO2. The van der Waals surface area contributed by atoms with Crippen molar-refractivity contribution in [1.29, 1.82) is 0 Å². The van der Waals surface area contributed by atoms with Crippen molar-refractivity contribution in [3.63, 3.8) is 0 Å². The molecule has 19 heavy (non-hydrogen) atoms. The lowest BCUT2D eigenvalue weighted by Gasteiger charge is -2.27. The second-order valence-corrected chi connectivity index (χ2v) is 4.76. The molecule has 0 aromatic heterocycles. The van der Waals surface area contributed by atoms with Gasteiger partial charge >= 0.3 is 0 Å². The SMILES string of the molecule is Cc1ccccc1N1CCOC1c1ccccc1O. The van der Waals surface area contributed by atoms with E-state index in [0.717, 1.165) is 17.8 Å². The number of nitrogens with zero attached hydrogens (tertiary/aromatic N) is 1. The van der Waals surface area contributed by atoms with Crippen LogP contribution >= 0.6 is 0 Å². The van der Waals surface area contributed by atoms with Gasteiger partial charge in [0.25, 0.3) is 0 Å². The van der Waals surface area contributed by atoms with Gasteiger partial charge in [-0.3, -0.25) is 0 Å². The number of anilines is 1. The highest BCUT2D eigenvalue weighted by atomic mass is 16.5. The molecule has 1 fully saturated rings. The first kappa shape index (κ1) is 12.1. The molecule has 3 heteroatoms. The van der Waals surface area contributed by atoms with Crippen molar-refractivity contribution in [3.05, 3.63) is 59.7 Å². The molecule has 0 bridgehead atoms. The molecule has 2 aromatic carbocycles. The van der Waals surface area contributed by atoms with Crippen LogP contribution in [-0.4, -0.2) is 18.3 Å². The first-order valence-electron chi connectivity index (χ1n) is 6.49. The Hall–Kier alpha value is -2.00. The molecule has 0 aliphatic carbocycles. The van der Waals surface area contributed by atoms with Crippen LogP contribution in [0.2, 0.25) is 0 Å². The molecule has 0 saturated carbocycles. The zero-order chi connectivity index (χ0) is 13.2. The highest BCUT2D eigenvalue weighted by molar-refractivity contribution is 5.55. The lowest BCUT2D eigenvalue weighted by molar-refractivity contribution is 0.111. The molecule has 0 radical (unpaired) electrons. The smallest absolute Gasteiger partial charge is 0.160 e. The van der Waals surface area contributed by atoms with Crippen molar-refractivity contribution in [2.45, 2.75) is 13.2 Å². The molecule has 1 atom stereocenters. The van der Waals surface area contributed by atoms with Gasteiger partial charge in [0.15, 0.2) is 6.23 Å². The minimum absolute atomic E-state index is 0.206. The summed E-state index contributed by atoms with van der Waals surface area (Å²) in [5.74, 6) is 0.285. The van der Waals surface area contributed by atoms with E-state index in [1.54, 1.807) is 6.07 Å². The third-order valence-electron chi connectivity index (χ3n) is 3.52. The van der Waals surface area contributed by atoms with Crippen molar-refractivity contribution >= 4 is 5.69 Å². The molecule has 1 aliphatic rings. The summed E-state index contributed by atoms with van der Waals surface area (Å²) in [7, 11) is 0. The van der Waals surface area contributed by atoms with Gasteiger partial charge in [0, 0.05) is 17.8 Å². The second-order valence-electron chi connectivity index (χ2n) is 4.76. The Bertz CT molecular complexity index is 531. The van der Waals surface area contributed by atoms with Gasteiger partial charge in [-0.2, -0.15) is 0 Å². The minimum Gasteiger partial charge on any atom is -0.507 e. The van der Waals surface area contributed by atoms with Crippen molar-refractivity contribution in [2.24, 2.45) is 0 Å². The summed E-state index contributed by atoms with van der Waals surface area (Å²) in [6.45, 7) is 3.60. The minimum atomic E-state index is -0.206. The summed E-state index contributed by atoms with van der Waals surface area (Å²) in [6.07, 6.45) is -0.206. The number of hydrogen-bond acceptors (Lipinski definition) is 3. The van der Waals surface area contributed by atoms with Crippen LogP contribution in [-0.2, 0) is 4.74 Å². The van der Waals surface area contributed by atoms with Crippen molar-refractivity contribution in [1.82, 2.24) is 0 Å². The van der Waals surface area contributed by atoms with Crippen LogP contribution in [0.25, 0.3) is 0 Å². The van der Waals surface area contributed by atoms with Crippen LogP contribution in [0.4, 0.5) is 5.69 Å². The predicted octanol–water partition coefficient (Wildman–Crippen LogP) is 3.24. The van der Waals surface area contributed by atoms with Gasteiger partial charge in [0.05, 0.1) is 6.61 Å². The maximum Gasteiger partial charge on any atom is 0.160 e. The normalized spacial score (nSPS) is 18.8. The van der Waals surface area contributed by atoms with Gasteiger partial charge in [-0.25, -0.2) is 0 Å². The number of rotatable bonds is 2. The lowest BCUT2D eigenvalue weighted by atomic mass is 10.1. The van der Waals surface area contributed by atoms with Crippen molar-refractivity contribution in [2.75, 3.05) is 18.1 Å². The summed E-state index contributed by atoms with van der Waals surface area (Å²) in [5.41, 5.74) is 3.20. The number of ether oxygens (including phenoxy) is 1. The molecule has 98 valence electrons. The third-order valence-corrected chi connectivity index (χ3v) is 3.52. The zero-order valence-electron chi connectivity index (χ0n) is 10.9. The number of aromatic hydroxyl groups is 1. The van der Waals surface area contributed by atoms with Gasteiger partial charge < -0.3 is 14.7 Å². The third kappa shape index (κ3) is 2.17. The van der Waals surface area contributed by atoms with Crippen LogP contribution in [0.3, 0.4) is 0 Å². The van der Waals surface area contributed by atoms with E-state index in [-0.39, 0.29) is 12.0 Å². The molecule has 3 rings (SSSR count). The topological polar surface area (TPSA) is 32.7 Å². The first-order chi connectivity index (χ1) is 9.27. The van der Waals surface area contributed by atoms with Gasteiger partial charge in [-0.05, 0) is 24.6 Å². The van der Waals surface area contributed by atoms with Gasteiger partial charge in [-0.1, -0.05) is 36.4 Å². The molecule has 1 N–H and O–H groups in total. The van der Waals surface area contributed by atoms with Crippen LogP contribution in [0.15, 0.2) is 48.5 Å². The number of phenols is 1. The molecule has 0 spiro atoms. The molecule has 1 aliphatic heterocycles. The zero-order valence-corrected chi connectivity index (χ0v) is 10.9. The molecule has 0 amide bonds. The Kier molecular flexibility index (Phi) is 3.13. The lowest BCUT2D eigenvalue weighted by Crippen LogP contribution is -2.24. The fourth-order valence-electron chi connectivity index (χ4n) is 2.56. The number of phenolic OH excluding ortho intramolecular Hbond substituents is 1. The maximum absolute atomic E-state index is 10.00. The number of aryl methyl sites for hydroxylation is 1. The quantitative estimate of drug-likeness (QED) is 0.894. The monoisotopic (exact) mass is 255 g/mol. The van der Waals surface area contributed by atoms with Gasteiger partial charge in [0.2, 0.25) is 0 Å². The standard InChI is InChI=1S/C16H17NO2/c1-12-6-2-4-8-14(12)17-10-11-19-16(17)13-7-3-5-9-15(13)18/h2-9,16,18H,10-11H2,1H3. The van der Waals surface area contributed by atoms with E-state index in [1.807, 2.05) is 30.3 Å². The highest BCUT2D eigenvalue weighted by Crippen LogP contribution is 2.37. The van der Waals surface area contributed by atoms with E-state index in [1.165, 1.54) is 5.56 Å². The Morgan fingerprint density at radius 2 is 1.84 bits per heavy atom. The van der Waals surface area contributed by atoms with Crippen LogP contribution in [0.1, 0.15) is 17.4 Å². The first-order valence-corrected chi connectivity index (χ1v) is 6.49. The summed E-state index contributed by atoms with van der Waals surface area (Å²) in [5, 5.41) is 10.00. The second kappa shape index (κ2) is 4.94. The largest absolute Gasteiger partial charge is 0.507 e. The van der Waals surface area contributed by atoms with E-state index in [2.05, 4.69) is 24.0 Å². The van der Waals surface area contributed by atoms with Gasteiger partial charge in [-0.15, -0.1) is 0 Å². The number of hydrogen-bond donors (Lipinski definition) is 1. The molecular weight excluding hydrogens is 238 g/mol. The average Bonchev–Trinajstić information content (AvgIpc) is 2.89. The summed E-state index contributed by atoms with van der Waals surface area (Å²) < 4.78 is 5.81. The molecule has 1 heterocycles. The van der Waals surface area contributed by atoms with E-state index < -0.39 is 0 Å². The van der Waals surface area contributed by atoms with Crippen molar-refractivity contribution in [3.8, 4) is 5.75 Å². The van der Waals surface area contributed by atoms with Gasteiger partial charge in [0.1, 0.15) is 5.75 Å². The van der Waals surface area contributed by atoms with E-state index in [0.29, 0.717) is 6.61 Å². The highest BCUT2D eigenvalue weighted by Gasteiger charge is 2.29. The summed E-state index contributed by atoms with van der Waals surface area (Å²) >= 11 is 0. The van der Waals surface area contributed by atoms with E-state index in [4.69, 9.17) is 4.74 Å². The Labute approximate surface area is 113 Å². The molecule has 3 nitrogen and oxygen atoms in total. The van der Waals surface area contributed by atoms with E-state index >= 15 is 0 Å². The molecule has 1 unspecified atom stereocenters. The average molecular weight is 255 g/mol. The van der Waals surface area contributed by atoms with E-state index in [9.17, 15) is 5.11 Å².